The van der Waals surface area contributed by atoms with Crippen molar-refractivity contribution in [2.24, 2.45) is 0 Å². The minimum absolute atomic E-state index is 0.107. The molecule has 0 spiro atoms. The Morgan fingerprint density at radius 3 is 2.75 bits per heavy atom. The largest absolute Gasteiger partial charge is 0.469 e. The Morgan fingerprint density at radius 1 is 1.25 bits per heavy atom. The molecule has 0 aliphatic heterocycles. The van der Waals surface area contributed by atoms with Gasteiger partial charge in [0.25, 0.3) is 0 Å². The second-order valence-electron chi connectivity index (χ2n) is 4.84. The number of hydrogen-bond acceptors (Lipinski definition) is 2. The Balaban J connectivity index is 2.10. The van der Waals surface area contributed by atoms with Crippen molar-refractivity contribution >= 4 is 11.6 Å². The first kappa shape index (κ1) is 15.1. The van der Waals surface area contributed by atoms with Gasteiger partial charge in [-0.25, -0.2) is 4.39 Å². The molecule has 2 rings (SSSR count). The molecule has 1 aromatic heterocycles. The topological polar surface area (TPSA) is 25.2 Å². The van der Waals surface area contributed by atoms with Crippen LogP contribution in [0.4, 0.5) is 4.39 Å². The third-order valence-electron chi connectivity index (χ3n) is 3.22. The maximum Gasteiger partial charge on any atom is 0.127 e. The van der Waals surface area contributed by atoms with Gasteiger partial charge < -0.3 is 9.73 Å². The molecule has 0 saturated carbocycles. The minimum Gasteiger partial charge on any atom is -0.469 e. The number of furan rings is 1. The van der Waals surface area contributed by atoms with Gasteiger partial charge in [0, 0.05) is 23.0 Å². The average Bonchev–Trinajstić information content (AvgIpc) is 2.93. The summed E-state index contributed by atoms with van der Waals surface area (Å²) in [6, 6.07) is 8.71. The summed E-state index contributed by atoms with van der Waals surface area (Å²) in [6.45, 7) is 2.99. The zero-order valence-corrected chi connectivity index (χ0v) is 12.3. The molecule has 0 bridgehead atoms. The van der Waals surface area contributed by atoms with Crippen LogP contribution in [0.5, 0.6) is 0 Å². The lowest BCUT2D eigenvalue weighted by Gasteiger charge is -2.18. The number of rotatable bonds is 7. The summed E-state index contributed by atoms with van der Waals surface area (Å²) in [6.07, 6.45) is 3.95. The molecule has 2 aromatic rings. The van der Waals surface area contributed by atoms with Crippen molar-refractivity contribution in [3.8, 4) is 0 Å². The van der Waals surface area contributed by atoms with Crippen LogP contribution in [0.1, 0.15) is 24.7 Å². The highest BCUT2D eigenvalue weighted by Gasteiger charge is 2.16. The Labute approximate surface area is 123 Å². The molecule has 2 nitrogen and oxygen atoms in total. The fourth-order valence-electron chi connectivity index (χ4n) is 2.21. The predicted molar refractivity (Wildman–Crippen MR) is 79.6 cm³/mol. The van der Waals surface area contributed by atoms with Crippen molar-refractivity contribution < 1.29 is 8.81 Å². The van der Waals surface area contributed by atoms with Gasteiger partial charge in [-0.15, -0.1) is 0 Å². The van der Waals surface area contributed by atoms with Crippen LogP contribution in [0.15, 0.2) is 41.0 Å². The first-order valence-electron chi connectivity index (χ1n) is 6.89. The molecule has 0 amide bonds. The van der Waals surface area contributed by atoms with E-state index in [9.17, 15) is 4.39 Å². The van der Waals surface area contributed by atoms with E-state index < -0.39 is 0 Å². The molecule has 4 heteroatoms. The molecule has 0 aliphatic rings. The van der Waals surface area contributed by atoms with Gasteiger partial charge in [0.05, 0.1) is 6.26 Å². The smallest absolute Gasteiger partial charge is 0.127 e. The van der Waals surface area contributed by atoms with E-state index in [1.807, 2.05) is 12.1 Å². The van der Waals surface area contributed by atoms with Gasteiger partial charge in [-0.3, -0.25) is 0 Å². The number of nitrogens with one attached hydrogen (secondary N) is 1. The summed E-state index contributed by atoms with van der Waals surface area (Å²) in [7, 11) is 0. The van der Waals surface area contributed by atoms with E-state index in [0.717, 1.165) is 25.1 Å². The van der Waals surface area contributed by atoms with E-state index in [-0.39, 0.29) is 11.9 Å². The van der Waals surface area contributed by atoms with Crippen LogP contribution in [0.2, 0.25) is 5.02 Å². The molecule has 1 aromatic carbocycles. The number of hydrogen-bond donors (Lipinski definition) is 1. The van der Waals surface area contributed by atoms with Crippen molar-refractivity contribution in [1.29, 1.82) is 0 Å². The molecule has 0 fully saturated rings. The molecule has 0 aliphatic carbocycles. The van der Waals surface area contributed by atoms with Gasteiger partial charge in [-0.1, -0.05) is 24.6 Å². The third-order valence-corrected chi connectivity index (χ3v) is 3.58. The Bertz CT molecular complexity index is 507. The van der Waals surface area contributed by atoms with E-state index in [4.69, 9.17) is 16.0 Å². The second kappa shape index (κ2) is 7.46. The van der Waals surface area contributed by atoms with Gasteiger partial charge >= 0.3 is 0 Å². The summed E-state index contributed by atoms with van der Waals surface area (Å²) in [4.78, 5) is 0. The molecule has 1 atom stereocenters. The van der Waals surface area contributed by atoms with Gasteiger partial charge in [-0.05, 0) is 43.7 Å². The third kappa shape index (κ3) is 4.09. The minimum atomic E-state index is -0.250. The van der Waals surface area contributed by atoms with Gasteiger partial charge in [0.15, 0.2) is 0 Å². The molecular formula is C16H19ClFNO. The first-order chi connectivity index (χ1) is 9.70. The van der Waals surface area contributed by atoms with Gasteiger partial charge in [-0.2, -0.15) is 0 Å². The van der Waals surface area contributed by atoms with E-state index in [1.165, 1.54) is 6.07 Å². The molecule has 1 unspecified atom stereocenters. The maximum absolute atomic E-state index is 13.9. The monoisotopic (exact) mass is 295 g/mol. The SMILES string of the molecule is CCCNC(Cc1ccco1)Cc1c(F)cccc1Cl. The molecule has 0 saturated heterocycles. The van der Waals surface area contributed by atoms with E-state index >= 15 is 0 Å². The average molecular weight is 296 g/mol. The predicted octanol–water partition coefficient (Wildman–Crippen LogP) is 4.23. The van der Waals surface area contributed by atoms with E-state index in [2.05, 4.69) is 12.2 Å². The van der Waals surface area contributed by atoms with Crippen LogP contribution < -0.4 is 5.32 Å². The highest BCUT2D eigenvalue weighted by Crippen LogP contribution is 2.21. The summed E-state index contributed by atoms with van der Waals surface area (Å²) in [5, 5.41) is 3.90. The molecule has 20 heavy (non-hydrogen) atoms. The summed E-state index contributed by atoms with van der Waals surface area (Å²) in [5.41, 5.74) is 0.564. The van der Waals surface area contributed by atoms with E-state index in [1.54, 1.807) is 18.4 Å². The summed E-state index contributed by atoms with van der Waals surface area (Å²) in [5.74, 6) is 0.645. The van der Waals surface area contributed by atoms with Crippen molar-refractivity contribution in [3.05, 3.63) is 58.8 Å². The zero-order valence-electron chi connectivity index (χ0n) is 11.5. The summed E-state index contributed by atoms with van der Waals surface area (Å²) >= 11 is 6.10. The van der Waals surface area contributed by atoms with Gasteiger partial charge in [0.2, 0.25) is 0 Å². The van der Waals surface area contributed by atoms with Crippen LogP contribution >= 0.6 is 11.6 Å². The maximum atomic E-state index is 13.9. The molecule has 0 radical (unpaired) electrons. The lowest BCUT2D eigenvalue weighted by molar-refractivity contribution is 0.434. The van der Waals surface area contributed by atoms with Crippen molar-refractivity contribution in [2.45, 2.75) is 32.2 Å². The fraction of sp³-hybridized carbons (Fsp3) is 0.375. The number of halogens is 2. The van der Waals surface area contributed by atoms with Crippen LogP contribution in [-0.4, -0.2) is 12.6 Å². The Hall–Kier alpha value is -1.32. The molecule has 108 valence electrons. The normalized spacial score (nSPS) is 12.6. The standard InChI is InChI=1S/C16H19ClFNO/c1-2-8-19-12(10-13-5-4-9-20-13)11-14-15(17)6-3-7-16(14)18/h3-7,9,12,19H,2,8,10-11H2,1H3. The summed E-state index contributed by atoms with van der Waals surface area (Å²) < 4.78 is 19.3. The molecular weight excluding hydrogens is 277 g/mol. The van der Waals surface area contributed by atoms with Crippen LogP contribution in [0.25, 0.3) is 0 Å². The van der Waals surface area contributed by atoms with Crippen LogP contribution in [-0.2, 0) is 12.8 Å². The molecule has 1 N–H and O–H groups in total. The highest BCUT2D eigenvalue weighted by atomic mass is 35.5. The second-order valence-corrected chi connectivity index (χ2v) is 5.25. The lowest BCUT2D eigenvalue weighted by Crippen LogP contribution is -2.34. The first-order valence-corrected chi connectivity index (χ1v) is 7.27. The van der Waals surface area contributed by atoms with E-state index in [0.29, 0.717) is 17.0 Å². The highest BCUT2D eigenvalue weighted by molar-refractivity contribution is 6.31. The lowest BCUT2D eigenvalue weighted by atomic mass is 10.0. The van der Waals surface area contributed by atoms with Gasteiger partial charge in [0.1, 0.15) is 11.6 Å². The van der Waals surface area contributed by atoms with Crippen molar-refractivity contribution in [2.75, 3.05) is 6.54 Å². The van der Waals surface area contributed by atoms with Crippen molar-refractivity contribution in [1.82, 2.24) is 5.32 Å². The quantitative estimate of drug-likeness (QED) is 0.827. The molecule has 1 heterocycles. The van der Waals surface area contributed by atoms with Crippen LogP contribution in [0, 0.1) is 5.82 Å². The fourth-order valence-corrected chi connectivity index (χ4v) is 2.45. The Kier molecular flexibility index (Phi) is 5.62. The zero-order chi connectivity index (χ0) is 14.4. The van der Waals surface area contributed by atoms with Crippen molar-refractivity contribution in [3.63, 3.8) is 0 Å². The Morgan fingerprint density at radius 2 is 2.10 bits per heavy atom. The number of benzene rings is 1. The van der Waals surface area contributed by atoms with Crippen LogP contribution in [0.3, 0.4) is 0 Å².